The lowest BCUT2D eigenvalue weighted by molar-refractivity contribution is 0.379. The molecule has 0 aliphatic heterocycles. The average Bonchev–Trinajstić information content (AvgIpc) is 2.38. The fourth-order valence-electron chi connectivity index (χ4n) is 1.51. The van der Waals surface area contributed by atoms with Gasteiger partial charge in [0.2, 0.25) is 0 Å². The van der Waals surface area contributed by atoms with Gasteiger partial charge in [0.05, 0.1) is 0 Å². The summed E-state index contributed by atoms with van der Waals surface area (Å²) in [7, 11) is -0.0556. The van der Waals surface area contributed by atoms with Gasteiger partial charge in [-0.25, -0.2) is 13.4 Å². The molecule has 1 atom stereocenters. The van der Waals surface area contributed by atoms with E-state index >= 15 is 0 Å². The first-order valence-corrected chi connectivity index (χ1v) is 7.45. The van der Waals surface area contributed by atoms with Crippen molar-refractivity contribution in [1.29, 1.82) is 0 Å². The third-order valence-corrected chi connectivity index (χ3v) is 4.92. The van der Waals surface area contributed by atoms with E-state index in [-0.39, 0.29) is 11.1 Å². The van der Waals surface area contributed by atoms with E-state index in [2.05, 4.69) is 10.3 Å². The Labute approximate surface area is 109 Å². The van der Waals surface area contributed by atoms with E-state index in [9.17, 15) is 8.42 Å². The van der Waals surface area contributed by atoms with Crippen LogP contribution in [-0.4, -0.2) is 37.8 Å². The Hall–Kier alpha value is -0.980. The molecule has 1 unspecified atom stereocenters. The Morgan fingerprint density at radius 1 is 1.44 bits per heavy atom. The molecule has 1 aromatic heterocycles. The highest BCUT2D eigenvalue weighted by molar-refractivity contribution is 7.89. The quantitative estimate of drug-likeness (QED) is 0.845. The second-order valence-electron chi connectivity index (χ2n) is 4.31. The maximum absolute atomic E-state index is 12.2. The highest BCUT2D eigenvalue weighted by Gasteiger charge is 2.25. The first kappa shape index (κ1) is 15.1. The largest absolute Gasteiger partial charge is 0.316 e. The normalized spacial score (nSPS) is 13.8. The van der Waals surface area contributed by atoms with Gasteiger partial charge in [0.25, 0.3) is 10.0 Å². The van der Waals surface area contributed by atoms with Crippen LogP contribution in [0.4, 0.5) is 0 Å². The Bertz CT molecular complexity index is 471. The maximum Gasteiger partial charge on any atom is 0.260 e. The lowest BCUT2D eigenvalue weighted by Crippen LogP contribution is -2.35. The molecule has 6 heteroatoms. The Kier molecular flexibility index (Phi) is 5.25. The second-order valence-corrected chi connectivity index (χ2v) is 6.26. The molecule has 0 spiro atoms. The first-order valence-electron chi connectivity index (χ1n) is 6.01. The fraction of sp³-hybridized carbons (Fsp3) is 0.583. The van der Waals surface area contributed by atoms with E-state index in [0.29, 0.717) is 6.54 Å². The molecular weight excluding hydrogens is 250 g/mol. The number of hydrogen-bond acceptors (Lipinski definition) is 4. The number of pyridine rings is 1. The molecule has 102 valence electrons. The molecule has 1 rings (SSSR count). The average molecular weight is 271 g/mol. The minimum Gasteiger partial charge on any atom is -0.316 e. The van der Waals surface area contributed by atoms with Crippen molar-refractivity contribution in [3.8, 4) is 0 Å². The van der Waals surface area contributed by atoms with Crippen molar-refractivity contribution in [2.24, 2.45) is 0 Å². The molecule has 0 saturated heterocycles. The van der Waals surface area contributed by atoms with E-state index < -0.39 is 10.0 Å². The summed E-state index contributed by atoms with van der Waals surface area (Å²) >= 11 is 0. The third-order valence-electron chi connectivity index (χ3n) is 3.03. The zero-order chi connectivity index (χ0) is 13.8. The molecule has 1 N–H and O–H groups in total. The molecule has 0 aliphatic carbocycles. The summed E-state index contributed by atoms with van der Waals surface area (Å²) in [4.78, 5) is 4.04. The molecule has 0 fully saturated rings. The molecule has 1 heterocycles. The van der Waals surface area contributed by atoms with Gasteiger partial charge in [0.1, 0.15) is 0 Å². The Morgan fingerprint density at radius 3 is 2.56 bits per heavy atom. The molecule has 0 saturated carbocycles. The number of nitrogens with one attached hydrogen (secondary N) is 1. The third kappa shape index (κ3) is 3.28. The zero-order valence-electron chi connectivity index (χ0n) is 11.3. The van der Waals surface area contributed by atoms with E-state index in [0.717, 1.165) is 12.0 Å². The van der Waals surface area contributed by atoms with Crippen molar-refractivity contribution in [1.82, 2.24) is 14.6 Å². The van der Waals surface area contributed by atoms with Crippen LogP contribution in [0.1, 0.15) is 25.8 Å². The van der Waals surface area contributed by atoms with Crippen LogP contribution >= 0.6 is 0 Å². The van der Waals surface area contributed by atoms with Gasteiger partial charge in [-0.3, -0.25) is 0 Å². The zero-order valence-corrected chi connectivity index (χ0v) is 12.2. The van der Waals surface area contributed by atoms with Gasteiger partial charge in [0, 0.05) is 25.8 Å². The van der Waals surface area contributed by atoms with E-state index in [4.69, 9.17) is 0 Å². The van der Waals surface area contributed by atoms with Crippen molar-refractivity contribution in [3.05, 3.63) is 23.9 Å². The van der Waals surface area contributed by atoms with E-state index in [1.807, 2.05) is 20.9 Å². The van der Waals surface area contributed by atoms with Crippen molar-refractivity contribution < 1.29 is 8.42 Å². The highest BCUT2D eigenvalue weighted by atomic mass is 32.2. The lowest BCUT2D eigenvalue weighted by Gasteiger charge is -2.22. The van der Waals surface area contributed by atoms with Gasteiger partial charge in [0.15, 0.2) is 5.03 Å². The number of sulfonamides is 1. The summed E-state index contributed by atoms with van der Waals surface area (Å²) in [5.74, 6) is 0. The highest BCUT2D eigenvalue weighted by Crippen LogP contribution is 2.15. The van der Waals surface area contributed by atoms with Gasteiger partial charge in [-0.15, -0.1) is 0 Å². The molecule has 0 bridgehead atoms. The molecule has 5 nitrogen and oxygen atoms in total. The molecule has 0 amide bonds. The minimum atomic E-state index is -3.48. The molecule has 0 radical (unpaired) electrons. The number of rotatable bonds is 6. The molecular formula is C12H21N3O2S. The van der Waals surface area contributed by atoms with Gasteiger partial charge >= 0.3 is 0 Å². The van der Waals surface area contributed by atoms with Gasteiger partial charge < -0.3 is 5.32 Å². The molecule has 18 heavy (non-hydrogen) atoms. The Balaban J connectivity index is 2.98. The predicted molar refractivity (Wildman–Crippen MR) is 71.7 cm³/mol. The van der Waals surface area contributed by atoms with E-state index in [1.54, 1.807) is 25.4 Å². The van der Waals surface area contributed by atoms with Crippen molar-refractivity contribution >= 4 is 10.0 Å². The summed E-state index contributed by atoms with van der Waals surface area (Å²) < 4.78 is 25.9. The van der Waals surface area contributed by atoms with Crippen LogP contribution in [0.5, 0.6) is 0 Å². The standard InChI is InChI=1S/C12H21N3O2S/c1-5-10(2)15(4)18(16,17)12-7-6-11(8-13-3)9-14-12/h6-7,9-10,13H,5,8H2,1-4H3. The van der Waals surface area contributed by atoms with Gasteiger partial charge in [-0.2, -0.15) is 4.31 Å². The first-order chi connectivity index (χ1) is 8.43. The van der Waals surface area contributed by atoms with Crippen LogP contribution < -0.4 is 5.32 Å². The predicted octanol–water partition coefficient (Wildman–Crippen LogP) is 1.22. The summed E-state index contributed by atoms with van der Waals surface area (Å²) in [6.45, 7) is 4.52. The van der Waals surface area contributed by atoms with Crippen LogP contribution in [0.25, 0.3) is 0 Å². The van der Waals surface area contributed by atoms with Crippen LogP contribution in [0.2, 0.25) is 0 Å². The summed E-state index contributed by atoms with van der Waals surface area (Å²) in [6, 6.07) is 3.30. The summed E-state index contributed by atoms with van der Waals surface area (Å²) in [5, 5.41) is 3.09. The number of hydrogen-bond donors (Lipinski definition) is 1. The van der Waals surface area contributed by atoms with Crippen molar-refractivity contribution in [3.63, 3.8) is 0 Å². The van der Waals surface area contributed by atoms with Crippen LogP contribution in [-0.2, 0) is 16.6 Å². The smallest absolute Gasteiger partial charge is 0.260 e. The number of nitrogens with zero attached hydrogens (tertiary/aromatic N) is 2. The van der Waals surface area contributed by atoms with Gasteiger partial charge in [-0.1, -0.05) is 13.0 Å². The minimum absolute atomic E-state index is 0.0335. The fourth-order valence-corrected chi connectivity index (χ4v) is 2.86. The summed E-state index contributed by atoms with van der Waals surface area (Å²) in [5.41, 5.74) is 0.961. The second kappa shape index (κ2) is 6.26. The number of aromatic nitrogens is 1. The van der Waals surface area contributed by atoms with E-state index in [1.165, 1.54) is 4.31 Å². The lowest BCUT2D eigenvalue weighted by atomic mass is 10.3. The molecule has 0 aliphatic rings. The van der Waals surface area contributed by atoms with Gasteiger partial charge in [-0.05, 0) is 32.0 Å². The summed E-state index contributed by atoms with van der Waals surface area (Å²) in [6.07, 6.45) is 2.36. The van der Waals surface area contributed by atoms with Crippen LogP contribution in [0.3, 0.4) is 0 Å². The van der Waals surface area contributed by atoms with Crippen LogP contribution in [0.15, 0.2) is 23.4 Å². The monoisotopic (exact) mass is 271 g/mol. The SMILES string of the molecule is CCC(C)N(C)S(=O)(=O)c1ccc(CNC)cn1. The maximum atomic E-state index is 12.2. The topological polar surface area (TPSA) is 62.3 Å². The Morgan fingerprint density at radius 2 is 2.11 bits per heavy atom. The van der Waals surface area contributed by atoms with Crippen molar-refractivity contribution in [2.75, 3.05) is 14.1 Å². The molecule has 1 aromatic rings. The van der Waals surface area contributed by atoms with Crippen LogP contribution in [0, 0.1) is 0 Å². The van der Waals surface area contributed by atoms with Crippen molar-refractivity contribution in [2.45, 2.75) is 37.9 Å². The molecule has 0 aromatic carbocycles.